The first kappa shape index (κ1) is 10.9. The van der Waals surface area contributed by atoms with Crippen molar-refractivity contribution in [2.24, 2.45) is 0 Å². The molecule has 80 valence electrons. The summed E-state index contributed by atoms with van der Waals surface area (Å²) in [5.74, 6) is -0.391. The highest BCUT2D eigenvalue weighted by Crippen LogP contribution is 2.05. The topological polar surface area (TPSA) is 94.2 Å². The number of hydrogen-bond donors (Lipinski definition) is 1. The van der Waals surface area contributed by atoms with E-state index in [2.05, 4.69) is 5.32 Å². The first-order chi connectivity index (χ1) is 7.04. The lowest BCUT2D eigenvalue weighted by molar-refractivity contribution is -0.385. The molecule has 0 aliphatic heterocycles. The molecule has 0 radical (unpaired) electrons. The van der Waals surface area contributed by atoms with Gasteiger partial charge in [0.1, 0.15) is 6.54 Å². The first-order valence-corrected chi connectivity index (χ1v) is 4.10. The molecular weight excluding hydrogens is 202 g/mol. The number of pyridine rings is 1. The molecule has 7 heteroatoms. The van der Waals surface area contributed by atoms with E-state index in [0.29, 0.717) is 0 Å². The molecule has 1 aromatic heterocycles. The van der Waals surface area contributed by atoms with Crippen LogP contribution in [-0.2, 0) is 11.3 Å². The van der Waals surface area contributed by atoms with Crippen LogP contribution in [0.1, 0.15) is 0 Å². The summed E-state index contributed by atoms with van der Waals surface area (Å²) in [5.41, 5.74) is -0.678. The molecule has 0 aliphatic rings. The Morgan fingerprint density at radius 2 is 2.27 bits per heavy atom. The van der Waals surface area contributed by atoms with Crippen LogP contribution in [0.3, 0.4) is 0 Å². The maximum Gasteiger partial charge on any atom is 0.285 e. The number of nitrogens with zero attached hydrogens (tertiary/aromatic N) is 2. The summed E-state index contributed by atoms with van der Waals surface area (Å²) in [6, 6.07) is 2.16. The first-order valence-electron chi connectivity index (χ1n) is 4.10. The van der Waals surface area contributed by atoms with Crippen LogP contribution in [0.15, 0.2) is 23.1 Å². The van der Waals surface area contributed by atoms with E-state index in [1.165, 1.54) is 7.05 Å². The van der Waals surface area contributed by atoms with Gasteiger partial charge in [0.2, 0.25) is 5.91 Å². The van der Waals surface area contributed by atoms with Crippen LogP contribution >= 0.6 is 0 Å². The monoisotopic (exact) mass is 211 g/mol. The standard InChI is InChI=1S/C8H9N3O4/c1-9-7(12)5-10-4-6(11(14)15)2-3-8(10)13/h2-4H,5H2,1H3,(H,9,12). The molecule has 1 heterocycles. The number of nitrogens with one attached hydrogen (secondary N) is 1. The summed E-state index contributed by atoms with van der Waals surface area (Å²) in [6.45, 7) is -0.225. The van der Waals surface area contributed by atoms with Gasteiger partial charge in [0.15, 0.2) is 0 Å². The second-order valence-corrected chi connectivity index (χ2v) is 2.78. The summed E-state index contributed by atoms with van der Waals surface area (Å²) < 4.78 is 0.983. The number of rotatable bonds is 3. The minimum atomic E-state index is -0.625. The Labute approximate surface area is 84.5 Å². The Morgan fingerprint density at radius 3 is 2.80 bits per heavy atom. The molecular formula is C8H9N3O4. The molecule has 0 aliphatic carbocycles. The van der Waals surface area contributed by atoms with Gasteiger partial charge in [-0.3, -0.25) is 24.3 Å². The number of amides is 1. The molecule has 1 rings (SSSR count). The van der Waals surface area contributed by atoms with Gasteiger partial charge < -0.3 is 5.32 Å². The minimum absolute atomic E-state index is 0.224. The highest BCUT2D eigenvalue weighted by atomic mass is 16.6. The van der Waals surface area contributed by atoms with E-state index in [1.54, 1.807) is 0 Å². The van der Waals surface area contributed by atoms with Crippen molar-refractivity contribution in [1.82, 2.24) is 9.88 Å². The van der Waals surface area contributed by atoms with Crippen LogP contribution in [0.25, 0.3) is 0 Å². The van der Waals surface area contributed by atoms with E-state index in [9.17, 15) is 19.7 Å². The molecule has 0 bridgehead atoms. The molecule has 0 aromatic carbocycles. The summed E-state index contributed by atoms with van der Waals surface area (Å²) in [5, 5.41) is 12.7. The van der Waals surface area contributed by atoms with Crippen molar-refractivity contribution in [2.75, 3.05) is 7.05 Å². The number of carbonyl (C=O) groups is 1. The molecule has 0 unspecified atom stereocenters. The zero-order chi connectivity index (χ0) is 11.4. The fourth-order valence-electron chi connectivity index (χ4n) is 0.984. The van der Waals surface area contributed by atoms with E-state index < -0.39 is 16.4 Å². The average Bonchev–Trinajstić information content (AvgIpc) is 2.20. The van der Waals surface area contributed by atoms with Crippen LogP contribution < -0.4 is 10.9 Å². The van der Waals surface area contributed by atoms with E-state index in [4.69, 9.17) is 0 Å². The summed E-state index contributed by atoms with van der Waals surface area (Å²) in [6.07, 6.45) is 1.04. The van der Waals surface area contributed by atoms with Gasteiger partial charge in [0, 0.05) is 19.2 Å². The fraction of sp³-hybridized carbons (Fsp3) is 0.250. The SMILES string of the molecule is CNC(=O)Cn1cc([N+](=O)[O-])ccc1=O. The number of carbonyl (C=O) groups excluding carboxylic acids is 1. The van der Waals surface area contributed by atoms with Crippen molar-refractivity contribution in [3.8, 4) is 0 Å². The fourth-order valence-corrected chi connectivity index (χ4v) is 0.984. The van der Waals surface area contributed by atoms with Crippen LogP contribution in [0.5, 0.6) is 0 Å². The van der Waals surface area contributed by atoms with Gasteiger partial charge in [-0.15, -0.1) is 0 Å². The largest absolute Gasteiger partial charge is 0.358 e. The molecule has 1 amide bonds. The van der Waals surface area contributed by atoms with Crippen LogP contribution in [0.2, 0.25) is 0 Å². The van der Waals surface area contributed by atoms with Crippen molar-refractivity contribution >= 4 is 11.6 Å². The minimum Gasteiger partial charge on any atom is -0.358 e. The highest BCUT2D eigenvalue weighted by molar-refractivity contribution is 5.75. The van der Waals surface area contributed by atoms with Crippen molar-refractivity contribution in [3.63, 3.8) is 0 Å². The second-order valence-electron chi connectivity index (χ2n) is 2.78. The van der Waals surface area contributed by atoms with Gasteiger partial charge in [-0.05, 0) is 0 Å². The van der Waals surface area contributed by atoms with Crippen LogP contribution in [0, 0.1) is 10.1 Å². The Morgan fingerprint density at radius 1 is 1.60 bits per heavy atom. The van der Waals surface area contributed by atoms with Crippen molar-refractivity contribution < 1.29 is 9.72 Å². The molecule has 0 saturated carbocycles. The van der Waals surface area contributed by atoms with Gasteiger partial charge in [-0.1, -0.05) is 0 Å². The molecule has 0 fully saturated rings. The molecule has 0 atom stereocenters. The van der Waals surface area contributed by atoms with Crippen LogP contribution in [-0.4, -0.2) is 22.4 Å². The summed E-state index contributed by atoms with van der Waals surface area (Å²) >= 11 is 0. The molecule has 1 N–H and O–H groups in total. The van der Waals surface area contributed by atoms with Crippen molar-refractivity contribution in [2.45, 2.75) is 6.54 Å². The molecule has 1 aromatic rings. The number of aromatic nitrogens is 1. The highest BCUT2D eigenvalue weighted by Gasteiger charge is 2.09. The number of nitro groups is 1. The number of hydrogen-bond acceptors (Lipinski definition) is 4. The van der Waals surface area contributed by atoms with Crippen LogP contribution in [0.4, 0.5) is 5.69 Å². The Hall–Kier alpha value is -2.18. The maximum atomic E-state index is 11.2. The third-order valence-corrected chi connectivity index (χ3v) is 1.77. The number of likely N-dealkylation sites (N-methyl/N-ethyl adjacent to an activating group) is 1. The molecule has 0 spiro atoms. The lowest BCUT2D eigenvalue weighted by Gasteiger charge is -2.03. The third-order valence-electron chi connectivity index (χ3n) is 1.77. The quantitative estimate of drug-likeness (QED) is 0.538. The lowest BCUT2D eigenvalue weighted by Crippen LogP contribution is -2.29. The average molecular weight is 211 g/mol. The van der Waals surface area contributed by atoms with E-state index in [-0.39, 0.29) is 12.2 Å². The van der Waals surface area contributed by atoms with Gasteiger partial charge in [-0.2, -0.15) is 0 Å². The zero-order valence-corrected chi connectivity index (χ0v) is 7.97. The molecule has 7 nitrogen and oxygen atoms in total. The Balaban J connectivity index is 3.06. The maximum absolute atomic E-state index is 11.2. The van der Waals surface area contributed by atoms with Crippen molar-refractivity contribution in [1.29, 1.82) is 0 Å². The van der Waals surface area contributed by atoms with Gasteiger partial charge in [0.25, 0.3) is 11.2 Å². The molecule has 0 saturated heterocycles. The normalized spacial score (nSPS) is 9.67. The van der Waals surface area contributed by atoms with E-state index in [0.717, 1.165) is 22.9 Å². The van der Waals surface area contributed by atoms with E-state index >= 15 is 0 Å². The van der Waals surface area contributed by atoms with Gasteiger partial charge >= 0.3 is 0 Å². The van der Waals surface area contributed by atoms with Gasteiger partial charge in [-0.25, -0.2) is 0 Å². The Kier molecular flexibility index (Phi) is 3.17. The predicted octanol–water partition coefficient (Wildman–Crippen LogP) is -0.498. The lowest BCUT2D eigenvalue weighted by atomic mass is 10.4. The summed E-state index contributed by atoms with van der Waals surface area (Å²) in [4.78, 5) is 32.0. The Bertz CT molecular complexity index is 451. The van der Waals surface area contributed by atoms with Crippen molar-refractivity contribution in [3.05, 3.63) is 38.8 Å². The van der Waals surface area contributed by atoms with Gasteiger partial charge in [0.05, 0.1) is 11.1 Å². The van der Waals surface area contributed by atoms with E-state index in [1.807, 2.05) is 0 Å². The molecule has 15 heavy (non-hydrogen) atoms. The third kappa shape index (κ3) is 2.63. The zero-order valence-electron chi connectivity index (χ0n) is 7.97. The summed E-state index contributed by atoms with van der Waals surface area (Å²) in [7, 11) is 1.42. The second kappa shape index (κ2) is 4.36. The predicted molar refractivity (Wildman–Crippen MR) is 51.4 cm³/mol. The smallest absolute Gasteiger partial charge is 0.285 e.